The van der Waals surface area contributed by atoms with Crippen LogP contribution in [0.5, 0.6) is 28.7 Å². The van der Waals surface area contributed by atoms with Crippen LogP contribution in [0.1, 0.15) is 0 Å². The Bertz CT molecular complexity index is 1000. The van der Waals surface area contributed by atoms with Crippen LogP contribution in [0, 0.1) is 0 Å². The maximum Gasteiger partial charge on any atom is 0.197 e. The highest BCUT2D eigenvalue weighted by atomic mass is 16.5. The second kappa shape index (κ2) is 6.27. The molecule has 0 fully saturated rings. The van der Waals surface area contributed by atoms with E-state index in [-0.39, 0.29) is 28.2 Å². The van der Waals surface area contributed by atoms with E-state index < -0.39 is 5.43 Å². The second-order valence-electron chi connectivity index (χ2n) is 5.22. The van der Waals surface area contributed by atoms with Crippen molar-refractivity contribution in [3.63, 3.8) is 0 Å². The average Bonchev–Trinajstić information content (AvgIpc) is 2.59. The first kappa shape index (κ1) is 16.5. The summed E-state index contributed by atoms with van der Waals surface area (Å²) in [5.41, 5.74) is 0.0596. The Balaban J connectivity index is 2.31. The summed E-state index contributed by atoms with van der Waals surface area (Å²) in [5, 5.41) is 19.5. The molecule has 7 nitrogen and oxygen atoms in total. The number of hydrogen-bond donors (Lipinski definition) is 2. The highest BCUT2D eigenvalue weighted by Crippen LogP contribution is 2.40. The Morgan fingerprint density at radius 2 is 1.48 bits per heavy atom. The van der Waals surface area contributed by atoms with Crippen LogP contribution in [0.3, 0.4) is 0 Å². The molecule has 0 saturated carbocycles. The molecule has 1 aromatic heterocycles. The number of ether oxygens (including phenoxy) is 3. The number of phenolic OH excluding ortho intramolecular Hbond substituents is 2. The minimum absolute atomic E-state index is 0.0130. The molecule has 3 aromatic rings. The van der Waals surface area contributed by atoms with Crippen molar-refractivity contribution in [1.29, 1.82) is 0 Å². The van der Waals surface area contributed by atoms with Crippen LogP contribution < -0.4 is 19.6 Å². The van der Waals surface area contributed by atoms with Crippen molar-refractivity contribution >= 4 is 11.0 Å². The molecule has 0 atom stereocenters. The molecule has 25 heavy (non-hydrogen) atoms. The Morgan fingerprint density at radius 3 is 2.12 bits per heavy atom. The molecular weight excluding hydrogens is 328 g/mol. The van der Waals surface area contributed by atoms with Gasteiger partial charge in [0.15, 0.2) is 16.9 Å². The first-order chi connectivity index (χ1) is 12.0. The Morgan fingerprint density at radius 1 is 0.840 bits per heavy atom. The molecule has 0 aliphatic rings. The summed E-state index contributed by atoms with van der Waals surface area (Å²) in [6.45, 7) is 0. The first-order valence-electron chi connectivity index (χ1n) is 7.28. The first-order valence-corrected chi connectivity index (χ1v) is 7.28. The van der Waals surface area contributed by atoms with Gasteiger partial charge in [-0.2, -0.15) is 0 Å². The third-order valence-electron chi connectivity index (χ3n) is 3.77. The molecule has 0 radical (unpaired) electrons. The zero-order valence-corrected chi connectivity index (χ0v) is 13.8. The normalized spacial score (nSPS) is 10.7. The van der Waals surface area contributed by atoms with Crippen LogP contribution in [0.4, 0.5) is 0 Å². The van der Waals surface area contributed by atoms with Crippen molar-refractivity contribution in [1.82, 2.24) is 0 Å². The number of rotatable bonds is 4. The predicted octanol–water partition coefficient (Wildman–Crippen LogP) is 2.90. The van der Waals surface area contributed by atoms with E-state index in [1.807, 2.05) is 0 Å². The molecule has 0 unspecified atom stereocenters. The molecule has 3 rings (SSSR count). The van der Waals surface area contributed by atoms with Crippen LogP contribution in [-0.2, 0) is 0 Å². The molecule has 0 aliphatic carbocycles. The fraction of sp³-hybridized carbons (Fsp3) is 0.167. The van der Waals surface area contributed by atoms with Gasteiger partial charge in [-0.1, -0.05) is 0 Å². The molecule has 7 heteroatoms. The maximum atomic E-state index is 12.4. The quantitative estimate of drug-likeness (QED) is 0.751. The fourth-order valence-corrected chi connectivity index (χ4v) is 2.61. The third-order valence-corrected chi connectivity index (χ3v) is 3.77. The maximum absolute atomic E-state index is 12.4. The van der Waals surface area contributed by atoms with E-state index in [4.69, 9.17) is 18.6 Å². The topological polar surface area (TPSA) is 98.4 Å². The van der Waals surface area contributed by atoms with Crippen molar-refractivity contribution in [2.75, 3.05) is 21.3 Å². The summed E-state index contributed by atoms with van der Waals surface area (Å²) in [6.07, 6.45) is 0. The van der Waals surface area contributed by atoms with Crippen molar-refractivity contribution in [2.45, 2.75) is 0 Å². The Labute approximate surface area is 142 Å². The summed E-state index contributed by atoms with van der Waals surface area (Å²) < 4.78 is 21.6. The standard InChI is InChI=1S/C18H16O7/c1-22-13-8-16(24-3)15(23-2)6-10(13)14-7-12(21)18-11(20)4-9(19)5-17(18)25-14/h4-8,19-20H,1-3H3. The third kappa shape index (κ3) is 2.80. The molecule has 0 amide bonds. The lowest BCUT2D eigenvalue weighted by molar-refractivity contribution is 0.349. The van der Waals surface area contributed by atoms with E-state index in [9.17, 15) is 15.0 Å². The van der Waals surface area contributed by atoms with Gasteiger partial charge in [-0.3, -0.25) is 4.79 Å². The monoisotopic (exact) mass is 344 g/mol. The minimum Gasteiger partial charge on any atom is -0.508 e. The van der Waals surface area contributed by atoms with Crippen molar-refractivity contribution in [3.8, 4) is 40.1 Å². The largest absolute Gasteiger partial charge is 0.508 e. The van der Waals surface area contributed by atoms with E-state index in [0.29, 0.717) is 22.8 Å². The molecule has 1 heterocycles. The van der Waals surface area contributed by atoms with Crippen LogP contribution in [-0.4, -0.2) is 31.5 Å². The van der Waals surface area contributed by atoms with Gasteiger partial charge in [0.1, 0.15) is 34.0 Å². The van der Waals surface area contributed by atoms with Crippen LogP contribution in [0.25, 0.3) is 22.3 Å². The molecule has 2 aromatic carbocycles. The van der Waals surface area contributed by atoms with Crippen molar-refractivity contribution < 1.29 is 28.8 Å². The lowest BCUT2D eigenvalue weighted by Crippen LogP contribution is -2.02. The summed E-state index contributed by atoms with van der Waals surface area (Å²) in [5.74, 6) is 0.922. The van der Waals surface area contributed by atoms with Gasteiger partial charge < -0.3 is 28.8 Å². The average molecular weight is 344 g/mol. The number of fused-ring (bicyclic) bond motifs is 1. The summed E-state index contributed by atoms with van der Waals surface area (Å²) in [6, 6.07) is 6.80. The predicted molar refractivity (Wildman–Crippen MR) is 90.9 cm³/mol. The van der Waals surface area contributed by atoms with Crippen LogP contribution >= 0.6 is 0 Å². The fourth-order valence-electron chi connectivity index (χ4n) is 2.61. The smallest absolute Gasteiger partial charge is 0.197 e. The number of aromatic hydroxyl groups is 2. The van der Waals surface area contributed by atoms with E-state index >= 15 is 0 Å². The van der Waals surface area contributed by atoms with Crippen LogP contribution in [0.2, 0.25) is 0 Å². The van der Waals surface area contributed by atoms with Gasteiger partial charge in [0.25, 0.3) is 0 Å². The Hall–Kier alpha value is -3.35. The van der Waals surface area contributed by atoms with E-state index in [1.54, 1.807) is 12.1 Å². The molecule has 0 spiro atoms. The number of phenols is 2. The van der Waals surface area contributed by atoms with E-state index in [2.05, 4.69) is 0 Å². The summed E-state index contributed by atoms with van der Waals surface area (Å²) >= 11 is 0. The summed E-state index contributed by atoms with van der Waals surface area (Å²) in [7, 11) is 4.46. The number of hydrogen-bond acceptors (Lipinski definition) is 7. The lowest BCUT2D eigenvalue weighted by Gasteiger charge is -2.14. The number of benzene rings is 2. The molecule has 0 aliphatic heterocycles. The molecule has 130 valence electrons. The Kier molecular flexibility index (Phi) is 4.14. The molecular formula is C18H16O7. The van der Waals surface area contributed by atoms with Gasteiger partial charge in [-0.15, -0.1) is 0 Å². The molecule has 0 saturated heterocycles. The summed E-state index contributed by atoms with van der Waals surface area (Å²) in [4.78, 5) is 12.4. The van der Waals surface area contributed by atoms with Gasteiger partial charge in [0.05, 0.1) is 26.9 Å². The highest BCUT2D eigenvalue weighted by Gasteiger charge is 2.18. The molecule has 2 N–H and O–H groups in total. The van der Waals surface area contributed by atoms with E-state index in [1.165, 1.54) is 33.5 Å². The zero-order valence-electron chi connectivity index (χ0n) is 13.8. The van der Waals surface area contributed by atoms with Gasteiger partial charge in [-0.25, -0.2) is 0 Å². The van der Waals surface area contributed by atoms with Gasteiger partial charge in [0.2, 0.25) is 0 Å². The minimum atomic E-state index is -0.453. The van der Waals surface area contributed by atoms with Crippen molar-refractivity contribution in [3.05, 3.63) is 40.6 Å². The van der Waals surface area contributed by atoms with Gasteiger partial charge in [0, 0.05) is 24.3 Å². The second-order valence-corrected chi connectivity index (χ2v) is 5.22. The highest BCUT2D eigenvalue weighted by molar-refractivity contribution is 5.86. The lowest BCUT2D eigenvalue weighted by atomic mass is 10.1. The van der Waals surface area contributed by atoms with Crippen LogP contribution in [0.15, 0.2) is 39.5 Å². The molecule has 0 bridgehead atoms. The van der Waals surface area contributed by atoms with E-state index in [0.717, 1.165) is 6.07 Å². The van der Waals surface area contributed by atoms with Gasteiger partial charge in [-0.05, 0) is 6.07 Å². The zero-order chi connectivity index (χ0) is 18.1. The number of methoxy groups -OCH3 is 3. The van der Waals surface area contributed by atoms with Gasteiger partial charge >= 0.3 is 0 Å². The SMILES string of the molecule is COc1cc(OC)c(-c2cc(=O)c3c(O)cc(O)cc3o2)cc1OC. The van der Waals surface area contributed by atoms with Crippen molar-refractivity contribution in [2.24, 2.45) is 0 Å².